The molecule has 3 rings (SSSR count). The van der Waals surface area contributed by atoms with E-state index in [2.05, 4.69) is 15.4 Å². The highest BCUT2D eigenvalue weighted by Crippen LogP contribution is 2.21. The second kappa shape index (κ2) is 4.90. The zero-order valence-corrected chi connectivity index (χ0v) is 11.8. The van der Waals surface area contributed by atoms with Crippen LogP contribution in [0.2, 0.25) is 0 Å². The molecule has 3 N–H and O–H groups in total. The van der Waals surface area contributed by atoms with Crippen molar-refractivity contribution in [2.24, 2.45) is 7.05 Å². The van der Waals surface area contributed by atoms with Crippen molar-refractivity contribution in [2.75, 3.05) is 11.1 Å². The fourth-order valence-corrected chi connectivity index (χ4v) is 2.30. The van der Waals surface area contributed by atoms with E-state index in [1.807, 2.05) is 38.2 Å². The van der Waals surface area contributed by atoms with Crippen molar-refractivity contribution < 1.29 is 4.79 Å². The Kier molecular flexibility index (Phi) is 3.06. The Morgan fingerprint density at radius 3 is 2.81 bits per heavy atom. The highest BCUT2D eigenvalue weighted by molar-refractivity contribution is 6.13. The molecule has 0 radical (unpaired) electrons. The molecule has 1 amide bonds. The SMILES string of the molecule is Cc1nn(C)cc1NC(=O)c1cc(N)nc2ccccc12. The normalized spacial score (nSPS) is 10.8. The van der Waals surface area contributed by atoms with Crippen LogP contribution in [0.4, 0.5) is 11.5 Å². The van der Waals surface area contributed by atoms with Gasteiger partial charge in [-0.3, -0.25) is 9.48 Å². The summed E-state index contributed by atoms with van der Waals surface area (Å²) in [5, 5.41) is 7.83. The summed E-state index contributed by atoms with van der Waals surface area (Å²) in [4.78, 5) is 16.7. The number of aromatic nitrogens is 3. The van der Waals surface area contributed by atoms with Crippen LogP contribution >= 0.6 is 0 Å². The van der Waals surface area contributed by atoms with Gasteiger partial charge in [-0.1, -0.05) is 18.2 Å². The standard InChI is InChI=1S/C15H15N5O/c1-9-13(8-20(2)19-9)18-15(21)11-7-14(16)17-12-6-4-3-5-10(11)12/h3-8H,1-2H3,(H2,16,17)(H,18,21). The van der Waals surface area contributed by atoms with Crippen LogP contribution in [0.1, 0.15) is 16.1 Å². The number of anilines is 2. The maximum absolute atomic E-state index is 12.5. The predicted octanol–water partition coefficient (Wildman–Crippen LogP) is 2.11. The number of benzene rings is 1. The zero-order valence-electron chi connectivity index (χ0n) is 11.8. The Morgan fingerprint density at radius 2 is 2.10 bits per heavy atom. The van der Waals surface area contributed by atoms with Gasteiger partial charge in [0.2, 0.25) is 0 Å². The molecule has 0 aliphatic heterocycles. The molecule has 21 heavy (non-hydrogen) atoms. The quantitative estimate of drug-likeness (QED) is 0.753. The summed E-state index contributed by atoms with van der Waals surface area (Å²) in [6.45, 7) is 1.84. The Bertz CT molecular complexity index is 837. The average molecular weight is 281 g/mol. The number of nitrogens with zero attached hydrogens (tertiary/aromatic N) is 3. The molecule has 0 unspecified atom stereocenters. The highest BCUT2D eigenvalue weighted by atomic mass is 16.1. The van der Waals surface area contributed by atoms with E-state index < -0.39 is 0 Å². The number of para-hydroxylation sites is 1. The second-order valence-electron chi connectivity index (χ2n) is 4.87. The van der Waals surface area contributed by atoms with E-state index in [0.29, 0.717) is 22.6 Å². The molecule has 1 aromatic carbocycles. The zero-order chi connectivity index (χ0) is 15.0. The molecule has 2 heterocycles. The lowest BCUT2D eigenvalue weighted by atomic mass is 10.1. The van der Waals surface area contributed by atoms with Gasteiger partial charge in [0.25, 0.3) is 5.91 Å². The number of amides is 1. The Labute approximate surface area is 121 Å². The molecule has 0 bridgehead atoms. The first-order valence-corrected chi connectivity index (χ1v) is 6.51. The Balaban J connectivity index is 2.03. The molecule has 6 heteroatoms. The van der Waals surface area contributed by atoms with Crippen LogP contribution < -0.4 is 11.1 Å². The molecule has 6 nitrogen and oxygen atoms in total. The molecule has 0 atom stereocenters. The van der Waals surface area contributed by atoms with Crippen molar-refractivity contribution in [3.63, 3.8) is 0 Å². The van der Waals surface area contributed by atoms with Gasteiger partial charge in [-0.25, -0.2) is 4.98 Å². The lowest BCUT2D eigenvalue weighted by molar-refractivity contribution is 0.102. The number of fused-ring (bicyclic) bond motifs is 1. The number of rotatable bonds is 2. The molecule has 0 aliphatic carbocycles. The van der Waals surface area contributed by atoms with Crippen molar-refractivity contribution >= 4 is 28.3 Å². The molecule has 0 aliphatic rings. The molecule has 0 saturated heterocycles. The van der Waals surface area contributed by atoms with E-state index >= 15 is 0 Å². The third kappa shape index (κ3) is 2.43. The molecule has 2 aromatic heterocycles. The fraction of sp³-hybridized carbons (Fsp3) is 0.133. The van der Waals surface area contributed by atoms with Crippen LogP contribution in [0.3, 0.4) is 0 Å². The number of pyridine rings is 1. The Hall–Kier alpha value is -2.89. The summed E-state index contributed by atoms with van der Waals surface area (Å²) in [5.74, 6) is 0.0955. The molecule has 3 aromatic rings. The van der Waals surface area contributed by atoms with Crippen molar-refractivity contribution in [2.45, 2.75) is 6.92 Å². The highest BCUT2D eigenvalue weighted by Gasteiger charge is 2.14. The molecular formula is C15H15N5O. The maximum Gasteiger partial charge on any atom is 0.256 e. The van der Waals surface area contributed by atoms with Crippen LogP contribution in [-0.2, 0) is 7.05 Å². The van der Waals surface area contributed by atoms with Gasteiger partial charge in [-0.15, -0.1) is 0 Å². The number of nitrogens with two attached hydrogens (primary N) is 1. The van der Waals surface area contributed by atoms with E-state index in [9.17, 15) is 4.79 Å². The number of nitrogens with one attached hydrogen (secondary N) is 1. The Morgan fingerprint density at radius 1 is 1.33 bits per heavy atom. The maximum atomic E-state index is 12.5. The average Bonchev–Trinajstić information content (AvgIpc) is 2.75. The van der Waals surface area contributed by atoms with Gasteiger partial charge in [0.15, 0.2) is 0 Å². The van der Waals surface area contributed by atoms with Gasteiger partial charge >= 0.3 is 0 Å². The van der Waals surface area contributed by atoms with Crippen molar-refractivity contribution in [1.82, 2.24) is 14.8 Å². The summed E-state index contributed by atoms with van der Waals surface area (Å²) >= 11 is 0. The van der Waals surface area contributed by atoms with Crippen LogP contribution in [-0.4, -0.2) is 20.7 Å². The smallest absolute Gasteiger partial charge is 0.256 e. The largest absolute Gasteiger partial charge is 0.384 e. The van der Waals surface area contributed by atoms with Gasteiger partial charge in [0.05, 0.1) is 22.5 Å². The molecular weight excluding hydrogens is 266 g/mol. The van der Waals surface area contributed by atoms with E-state index in [1.54, 1.807) is 16.9 Å². The minimum Gasteiger partial charge on any atom is -0.384 e. The van der Waals surface area contributed by atoms with Crippen LogP contribution in [0, 0.1) is 6.92 Å². The molecule has 106 valence electrons. The lowest BCUT2D eigenvalue weighted by Gasteiger charge is -2.08. The van der Waals surface area contributed by atoms with Crippen molar-refractivity contribution in [3.05, 3.63) is 47.8 Å². The van der Waals surface area contributed by atoms with Crippen LogP contribution in [0.5, 0.6) is 0 Å². The first-order valence-electron chi connectivity index (χ1n) is 6.51. The van der Waals surface area contributed by atoms with Gasteiger partial charge < -0.3 is 11.1 Å². The number of aryl methyl sites for hydroxylation is 2. The van der Waals surface area contributed by atoms with Gasteiger partial charge in [0.1, 0.15) is 5.82 Å². The number of hydrogen-bond donors (Lipinski definition) is 2. The summed E-state index contributed by atoms with van der Waals surface area (Å²) in [6, 6.07) is 9.00. The number of carbonyl (C=O) groups excluding carboxylic acids is 1. The van der Waals surface area contributed by atoms with Crippen molar-refractivity contribution in [3.8, 4) is 0 Å². The number of nitrogen functional groups attached to an aromatic ring is 1. The summed E-state index contributed by atoms with van der Waals surface area (Å²) in [7, 11) is 1.81. The molecule has 0 fully saturated rings. The summed E-state index contributed by atoms with van der Waals surface area (Å²) in [6.07, 6.45) is 1.76. The van der Waals surface area contributed by atoms with Gasteiger partial charge in [-0.2, -0.15) is 5.10 Å². The minimum atomic E-state index is -0.226. The van der Waals surface area contributed by atoms with Crippen LogP contribution in [0.15, 0.2) is 36.5 Å². The van der Waals surface area contributed by atoms with Gasteiger partial charge in [0, 0.05) is 18.6 Å². The van der Waals surface area contributed by atoms with E-state index in [0.717, 1.165) is 11.1 Å². The second-order valence-corrected chi connectivity index (χ2v) is 4.87. The van der Waals surface area contributed by atoms with E-state index in [4.69, 9.17) is 5.73 Å². The van der Waals surface area contributed by atoms with E-state index in [-0.39, 0.29) is 5.91 Å². The molecule has 0 spiro atoms. The minimum absolute atomic E-state index is 0.226. The van der Waals surface area contributed by atoms with Gasteiger partial charge in [-0.05, 0) is 19.1 Å². The number of hydrogen-bond acceptors (Lipinski definition) is 4. The summed E-state index contributed by atoms with van der Waals surface area (Å²) < 4.78 is 1.66. The molecule has 0 saturated carbocycles. The first kappa shape index (κ1) is 13.1. The predicted molar refractivity (Wildman–Crippen MR) is 82.1 cm³/mol. The van der Waals surface area contributed by atoms with E-state index in [1.165, 1.54) is 0 Å². The summed E-state index contributed by atoms with van der Waals surface area (Å²) in [5.41, 5.74) is 8.43. The van der Waals surface area contributed by atoms with Crippen LogP contribution in [0.25, 0.3) is 10.9 Å². The fourth-order valence-electron chi connectivity index (χ4n) is 2.30. The third-order valence-electron chi connectivity index (χ3n) is 3.24. The lowest BCUT2D eigenvalue weighted by Crippen LogP contribution is -2.13. The monoisotopic (exact) mass is 281 g/mol. The number of carbonyl (C=O) groups is 1. The topological polar surface area (TPSA) is 85.8 Å². The third-order valence-corrected chi connectivity index (χ3v) is 3.24. The first-order chi connectivity index (χ1) is 10.0. The van der Waals surface area contributed by atoms with Crippen molar-refractivity contribution in [1.29, 1.82) is 0 Å².